The van der Waals surface area contributed by atoms with E-state index in [1.165, 1.54) is 0 Å². The maximum atomic E-state index is 12.6. The molecule has 1 N–H and O–H groups in total. The van der Waals surface area contributed by atoms with Crippen LogP contribution in [0.3, 0.4) is 0 Å². The topological polar surface area (TPSA) is 57.6 Å². The van der Waals surface area contributed by atoms with Gasteiger partial charge in [-0.05, 0) is 18.4 Å². The Bertz CT molecular complexity index is 530. The minimum atomic E-state index is -0.772. The number of hydrogen-bond donors (Lipinski definition) is 1. The van der Waals surface area contributed by atoms with Crippen LogP contribution in [-0.4, -0.2) is 35.0 Å². The number of amides is 1. The molecule has 1 aliphatic heterocycles. The van der Waals surface area contributed by atoms with E-state index in [-0.39, 0.29) is 23.2 Å². The lowest BCUT2D eigenvalue weighted by molar-refractivity contribution is -0.151. The zero-order chi connectivity index (χ0) is 14.3. The fraction of sp³-hybridized carbons (Fsp3) is 0.500. The molecule has 1 aliphatic carbocycles. The Hall–Kier alpha value is -1.84. The van der Waals surface area contributed by atoms with Crippen LogP contribution in [0.25, 0.3) is 0 Å². The molecule has 4 heteroatoms. The van der Waals surface area contributed by atoms with E-state index in [1.807, 2.05) is 35.2 Å². The van der Waals surface area contributed by atoms with Crippen molar-refractivity contribution in [3.8, 4) is 0 Å². The smallest absolute Gasteiger partial charge is 0.306 e. The van der Waals surface area contributed by atoms with Gasteiger partial charge in [-0.3, -0.25) is 9.59 Å². The Morgan fingerprint density at radius 3 is 2.35 bits per heavy atom. The first-order valence-corrected chi connectivity index (χ1v) is 7.12. The van der Waals surface area contributed by atoms with E-state index in [1.54, 1.807) is 6.92 Å². The Morgan fingerprint density at radius 1 is 1.25 bits per heavy atom. The summed E-state index contributed by atoms with van der Waals surface area (Å²) in [6, 6.07) is 9.92. The van der Waals surface area contributed by atoms with E-state index in [0.717, 1.165) is 18.4 Å². The third kappa shape index (κ3) is 1.99. The Balaban J connectivity index is 1.66. The van der Waals surface area contributed by atoms with Crippen molar-refractivity contribution in [2.75, 3.05) is 13.1 Å². The zero-order valence-electron chi connectivity index (χ0n) is 11.6. The molecular formula is C16H19NO3. The molecule has 20 heavy (non-hydrogen) atoms. The molecule has 1 amide bonds. The first-order valence-electron chi connectivity index (χ1n) is 7.12. The van der Waals surface area contributed by atoms with Gasteiger partial charge in [0.1, 0.15) is 0 Å². The Labute approximate surface area is 118 Å². The number of benzene rings is 1. The van der Waals surface area contributed by atoms with E-state index < -0.39 is 5.97 Å². The third-order valence-electron chi connectivity index (χ3n) is 4.78. The van der Waals surface area contributed by atoms with Gasteiger partial charge >= 0.3 is 5.97 Å². The molecule has 1 unspecified atom stereocenters. The maximum absolute atomic E-state index is 12.6. The summed E-state index contributed by atoms with van der Waals surface area (Å²) in [7, 11) is 0. The molecule has 0 spiro atoms. The van der Waals surface area contributed by atoms with Gasteiger partial charge in [-0.25, -0.2) is 0 Å². The number of carbonyl (C=O) groups excluding carboxylic acids is 1. The summed E-state index contributed by atoms with van der Waals surface area (Å²) < 4.78 is 0. The summed E-state index contributed by atoms with van der Waals surface area (Å²) in [6.45, 7) is 2.89. The average Bonchev–Trinajstić information content (AvgIpc) is 3.19. The number of aliphatic carboxylic acids is 1. The number of rotatable bonds is 4. The van der Waals surface area contributed by atoms with Crippen LogP contribution < -0.4 is 0 Å². The predicted octanol–water partition coefficient (Wildman–Crippen LogP) is 1.90. The van der Waals surface area contributed by atoms with Crippen LogP contribution in [0.1, 0.15) is 25.3 Å². The highest BCUT2D eigenvalue weighted by Crippen LogP contribution is 2.50. The van der Waals surface area contributed by atoms with Crippen molar-refractivity contribution >= 4 is 11.9 Å². The summed E-state index contributed by atoms with van der Waals surface area (Å²) in [5, 5.41) is 8.99. The van der Waals surface area contributed by atoms with Crippen molar-refractivity contribution in [1.29, 1.82) is 0 Å². The quantitative estimate of drug-likeness (QED) is 0.911. The molecule has 2 aliphatic rings. The van der Waals surface area contributed by atoms with Crippen LogP contribution in [0, 0.1) is 11.8 Å². The van der Waals surface area contributed by atoms with Gasteiger partial charge in [-0.15, -0.1) is 0 Å². The molecule has 1 aromatic rings. The van der Waals surface area contributed by atoms with E-state index in [9.17, 15) is 9.59 Å². The number of likely N-dealkylation sites (tertiary alicyclic amines) is 1. The van der Waals surface area contributed by atoms with Crippen molar-refractivity contribution in [1.82, 2.24) is 4.90 Å². The number of carboxylic acids is 1. The molecule has 0 aromatic heterocycles. The number of carbonyl (C=O) groups is 2. The van der Waals surface area contributed by atoms with Crippen LogP contribution in [0.4, 0.5) is 0 Å². The number of hydrogen-bond acceptors (Lipinski definition) is 2. The molecule has 0 radical (unpaired) electrons. The largest absolute Gasteiger partial charge is 0.481 e. The standard InChI is InChI=1S/C16H19NO3/c1-11(14(18)19)12-9-17(10-12)15(20)16(7-8-16)13-5-3-2-4-6-13/h2-6,11-12H,7-10H2,1H3,(H,18,19). The second kappa shape index (κ2) is 4.62. The minimum absolute atomic E-state index is 0.100. The highest BCUT2D eigenvalue weighted by molar-refractivity contribution is 5.92. The molecule has 1 saturated carbocycles. The highest BCUT2D eigenvalue weighted by atomic mass is 16.4. The lowest BCUT2D eigenvalue weighted by Crippen LogP contribution is -2.56. The van der Waals surface area contributed by atoms with Crippen LogP contribution in [0.5, 0.6) is 0 Å². The molecule has 1 atom stereocenters. The van der Waals surface area contributed by atoms with E-state index in [2.05, 4.69) is 0 Å². The van der Waals surface area contributed by atoms with Gasteiger partial charge in [0.2, 0.25) is 5.91 Å². The van der Waals surface area contributed by atoms with Gasteiger partial charge in [0, 0.05) is 19.0 Å². The van der Waals surface area contributed by atoms with Crippen LogP contribution >= 0.6 is 0 Å². The van der Waals surface area contributed by atoms with E-state index in [0.29, 0.717) is 13.1 Å². The molecule has 106 valence electrons. The minimum Gasteiger partial charge on any atom is -0.481 e. The molecule has 1 heterocycles. The van der Waals surface area contributed by atoms with Gasteiger partial charge in [0.05, 0.1) is 11.3 Å². The van der Waals surface area contributed by atoms with Gasteiger partial charge in [0.25, 0.3) is 0 Å². The first-order chi connectivity index (χ1) is 9.54. The Morgan fingerprint density at radius 2 is 1.85 bits per heavy atom. The molecule has 0 bridgehead atoms. The van der Waals surface area contributed by atoms with E-state index >= 15 is 0 Å². The van der Waals surface area contributed by atoms with Crippen molar-refractivity contribution < 1.29 is 14.7 Å². The lowest BCUT2D eigenvalue weighted by atomic mass is 9.84. The first kappa shape index (κ1) is 13.2. The van der Waals surface area contributed by atoms with Gasteiger partial charge < -0.3 is 10.0 Å². The van der Waals surface area contributed by atoms with Crippen LogP contribution in [0.15, 0.2) is 30.3 Å². The molecule has 4 nitrogen and oxygen atoms in total. The fourth-order valence-electron chi connectivity index (χ4n) is 3.01. The second-order valence-corrected chi connectivity index (χ2v) is 6.05. The van der Waals surface area contributed by atoms with Crippen molar-refractivity contribution in [2.24, 2.45) is 11.8 Å². The van der Waals surface area contributed by atoms with Crippen molar-refractivity contribution in [3.63, 3.8) is 0 Å². The summed E-state index contributed by atoms with van der Waals surface area (Å²) in [6.07, 6.45) is 1.82. The lowest BCUT2D eigenvalue weighted by Gasteiger charge is -2.43. The maximum Gasteiger partial charge on any atom is 0.306 e. The fourth-order valence-corrected chi connectivity index (χ4v) is 3.01. The van der Waals surface area contributed by atoms with Gasteiger partial charge in [-0.2, -0.15) is 0 Å². The molecule has 1 saturated heterocycles. The summed E-state index contributed by atoms with van der Waals surface area (Å²) in [4.78, 5) is 25.4. The molecule has 3 rings (SSSR count). The summed E-state index contributed by atoms with van der Waals surface area (Å²) in [5.41, 5.74) is 0.776. The third-order valence-corrected chi connectivity index (χ3v) is 4.78. The molecule has 2 fully saturated rings. The second-order valence-electron chi connectivity index (χ2n) is 6.05. The zero-order valence-corrected chi connectivity index (χ0v) is 11.6. The predicted molar refractivity (Wildman–Crippen MR) is 74.2 cm³/mol. The average molecular weight is 273 g/mol. The molecular weight excluding hydrogens is 254 g/mol. The van der Waals surface area contributed by atoms with Crippen LogP contribution in [0.2, 0.25) is 0 Å². The van der Waals surface area contributed by atoms with Gasteiger partial charge in [-0.1, -0.05) is 37.3 Å². The summed E-state index contributed by atoms with van der Waals surface area (Å²) in [5.74, 6) is -0.863. The highest BCUT2D eigenvalue weighted by Gasteiger charge is 2.55. The number of nitrogens with zero attached hydrogens (tertiary/aromatic N) is 1. The monoisotopic (exact) mass is 273 g/mol. The van der Waals surface area contributed by atoms with Crippen molar-refractivity contribution in [3.05, 3.63) is 35.9 Å². The summed E-state index contributed by atoms with van der Waals surface area (Å²) >= 11 is 0. The van der Waals surface area contributed by atoms with Crippen molar-refractivity contribution in [2.45, 2.75) is 25.2 Å². The van der Waals surface area contributed by atoms with Crippen LogP contribution in [-0.2, 0) is 15.0 Å². The normalized spacial score (nSPS) is 21.9. The number of carboxylic acid groups (broad SMARTS) is 1. The van der Waals surface area contributed by atoms with E-state index in [4.69, 9.17) is 5.11 Å². The van der Waals surface area contributed by atoms with Gasteiger partial charge in [0.15, 0.2) is 0 Å². The SMILES string of the molecule is CC(C(=O)O)C1CN(C(=O)C2(c3ccccc3)CC2)C1. The molecule has 1 aromatic carbocycles. The Kier molecular flexibility index (Phi) is 3.04.